The van der Waals surface area contributed by atoms with Gasteiger partial charge in [0.15, 0.2) is 0 Å². The van der Waals surface area contributed by atoms with Gasteiger partial charge in [0.25, 0.3) is 0 Å². The highest BCUT2D eigenvalue weighted by atomic mass is 19.1. The summed E-state index contributed by atoms with van der Waals surface area (Å²) < 4.78 is 15.7. The maximum atomic E-state index is 13.8. The monoisotopic (exact) mass is 302 g/mol. The van der Waals surface area contributed by atoms with Crippen LogP contribution in [0.4, 0.5) is 4.39 Å². The molecule has 1 heterocycles. The molecule has 0 spiro atoms. The van der Waals surface area contributed by atoms with E-state index in [-0.39, 0.29) is 5.56 Å². The van der Waals surface area contributed by atoms with E-state index >= 15 is 0 Å². The van der Waals surface area contributed by atoms with Gasteiger partial charge in [-0.1, -0.05) is 25.3 Å². The minimum atomic E-state index is -1.25. The molecule has 116 valence electrons. The Balaban J connectivity index is 1.75. The average Bonchev–Trinajstić information content (AvgIpc) is 2.96. The Bertz CT molecular complexity index is 675. The third-order valence-electron chi connectivity index (χ3n) is 4.34. The topological polar surface area (TPSA) is 55.1 Å². The number of nitrogens with zero attached hydrogens (tertiary/aromatic N) is 2. The van der Waals surface area contributed by atoms with Crippen LogP contribution in [-0.2, 0) is 6.54 Å². The molecule has 4 nitrogen and oxygen atoms in total. The second-order valence-electron chi connectivity index (χ2n) is 5.95. The van der Waals surface area contributed by atoms with Crippen LogP contribution < -0.4 is 0 Å². The number of hydrogen-bond acceptors (Lipinski definition) is 2. The average molecular weight is 302 g/mol. The number of benzene rings is 1. The summed E-state index contributed by atoms with van der Waals surface area (Å²) in [6.45, 7) is 0.899. The lowest BCUT2D eigenvalue weighted by atomic mass is 9.89. The quantitative estimate of drug-likeness (QED) is 0.929. The standard InChI is InChI=1S/C17H19FN2O2/c18-16-8-13(6-7-15(16)17(21)22)14-9-19-20(11-14)10-12-4-2-1-3-5-12/h6-9,11-12H,1-5,10H2,(H,21,22). The van der Waals surface area contributed by atoms with Crippen LogP contribution in [0.5, 0.6) is 0 Å². The van der Waals surface area contributed by atoms with Crippen molar-refractivity contribution in [1.29, 1.82) is 0 Å². The Morgan fingerprint density at radius 2 is 2.05 bits per heavy atom. The molecule has 1 aliphatic carbocycles. The van der Waals surface area contributed by atoms with Crippen molar-refractivity contribution in [1.82, 2.24) is 9.78 Å². The van der Waals surface area contributed by atoms with E-state index < -0.39 is 11.8 Å². The first-order valence-corrected chi connectivity index (χ1v) is 7.69. The van der Waals surface area contributed by atoms with Gasteiger partial charge in [0.2, 0.25) is 0 Å². The van der Waals surface area contributed by atoms with Gasteiger partial charge >= 0.3 is 5.97 Å². The predicted octanol–water partition coefficient (Wildman–Crippen LogP) is 3.97. The number of carboxylic acids is 1. The molecule has 22 heavy (non-hydrogen) atoms. The molecule has 1 aliphatic rings. The van der Waals surface area contributed by atoms with Crippen molar-refractivity contribution < 1.29 is 14.3 Å². The summed E-state index contributed by atoms with van der Waals surface area (Å²) in [6.07, 6.45) is 10.0. The fourth-order valence-corrected chi connectivity index (χ4v) is 3.11. The lowest BCUT2D eigenvalue weighted by Crippen LogP contribution is -2.14. The van der Waals surface area contributed by atoms with E-state index in [1.54, 1.807) is 12.3 Å². The fraction of sp³-hybridized carbons (Fsp3) is 0.412. The third kappa shape index (κ3) is 3.18. The lowest BCUT2D eigenvalue weighted by molar-refractivity contribution is 0.0692. The summed E-state index contributed by atoms with van der Waals surface area (Å²) in [5, 5.41) is 13.2. The van der Waals surface area contributed by atoms with Crippen LogP contribution in [0, 0.1) is 11.7 Å². The fourth-order valence-electron chi connectivity index (χ4n) is 3.11. The van der Waals surface area contributed by atoms with Crippen LogP contribution in [0.25, 0.3) is 11.1 Å². The molecule has 1 fully saturated rings. The minimum Gasteiger partial charge on any atom is -0.478 e. The SMILES string of the molecule is O=C(O)c1ccc(-c2cnn(CC3CCCCC3)c2)cc1F. The van der Waals surface area contributed by atoms with Gasteiger partial charge in [0.1, 0.15) is 5.82 Å². The van der Waals surface area contributed by atoms with E-state index in [0.717, 1.165) is 12.1 Å². The Hall–Kier alpha value is -2.17. The zero-order valence-electron chi connectivity index (χ0n) is 12.3. The molecule has 1 aromatic carbocycles. The van der Waals surface area contributed by atoms with E-state index in [9.17, 15) is 9.18 Å². The maximum Gasteiger partial charge on any atom is 0.338 e. The maximum absolute atomic E-state index is 13.8. The molecular formula is C17H19FN2O2. The van der Waals surface area contributed by atoms with Crippen LogP contribution in [0.2, 0.25) is 0 Å². The molecule has 0 unspecified atom stereocenters. The lowest BCUT2D eigenvalue weighted by Gasteiger charge is -2.21. The van der Waals surface area contributed by atoms with Crippen LogP contribution in [0.1, 0.15) is 42.5 Å². The molecule has 0 amide bonds. The summed E-state index contributed by atoms with van der Waals surface area (Å²) >= 11 is 0. The first-order valence-electron chi connectivity index (χ1n) is 7.69. The van der Waals surface area contributed by atoms with Gasteiger partial charge in [-0.05, 0) is 36.5 Å². The second-order valence-corrected chi connectivity index (χ2v) is 5.95. The van der Waals surface area contributed by atoms with Crippen LogP contribution in [0.3, 0.4) is 0 Å². The van der Waals surface area contributed by atoms with E-state index in [1.807, 2.05) is 10.9 Å². The van der Waals surface area contributed by atoms with E-state index in [0.29, 0.717) is 11.5 Å². The molecule has 0 saturated heterocycles. The highest BCUT2D eigenvalue weighted by molar-refractivity contribution is 5.88. The number of carboxylic acid groups (broad SMARTS) is 1. The number of hydrogen-bond donors (Lipinski definition) is 1. The molecular weight excluding hydrogens is 283 g/mol. The highest BCUT2D eigenvalue weighted by Crippen LogP contribution is 2.26. The van der Waals surface area contributed by atoms with Crippen LogP contribution >= 0.6 is 0 Å². The molecule has 0 aliphatic heterocycles. The zero-order chi connectivity index (χ0) is 15.5. The summed E-state index contributed by atoms with van der Waals surface area (Å²) in [4.78, 5) is 10.8. The molecule has 1 aromatic heterocycles. The van der Waals surface area contributed by atoms with Gasteiger partial charge in [0, 0.05) is 18.3 Å². The Morgan fingerprint density at radius 3 is 2.73 bits per heavy atom. The van der Waals surface area contributed by atoms with Crippen molar-refractivity contribution in [3.05, 3.63) is 42.0 Å². The van der Waals surface area contributed by atoms with E-state index in [2.05, 4.69) is 5.10 Å². The summed E-state index contributed by atoms with van der Waals surface area (Å²) in [5.41, 5.74) is 1.15. The number of halogens is 1. The molecule has 1 N–H and O–H groups in total. The Labute approximate surface area is 128 Å². The summed E-state index contributed by atoms with van der Waals surface area (Å²) in [7, 11) is 0. The largest absolute Gasteiger partial charge is 0.478 e. The highest BCUT2D eigenvalue weighted by Gasteiger charge is 2.15. The smallest absolute Gasteiger partial charge is 0.338 e. The van der Waals surface area contributed by atoms with Crippen molar-refractivity contribution in [3.8, 4) is 11.1 Å². The molecule has 1 saturated carbocycles. The van der Waals surface area contributed by atoms with Crippen molar-refractivity contribution >= 4 is 5.97 Å². The third-order valence-corrected chi connectivity index (χ3v) is 4.34. The Morgan fingerprint density at radius 1 is 1.27 bits per heavy atom. The molecule has 0 bridgehead atoms. The minimum absolute atomic E-state index is 0.307. The molecule has 5 heteroatoms. The van der Waals surface area contributed by atoms with Gasteiger partial charge in [-0.2, -0.15) is 5.10 Å². The van der Waals surface area contributed by atoms with Crippen molar-refractivity contribution in [2.24, 2.45) is 5.92 Å². The normalized spacial score (nSPS) is 15.9. The molecule has 2 aromatic rings. The van der Waals surface area contributed by atoms with Gasteiger partial charge in [-0.15, -0.1) is 0 Å². The van der Waals surface area contributed by atoms with Crippen molar-refractivity contribution in [3.63, 3.8) is 0 Å². The summed E-state index contributed by atoms with van der Waals surface area (Å²) in [5.74, 6) is -1.30. The number of aromatic nitrogens is 2. The molecule has 0 radical (unpaired) electrons. The van der Waals surface area contributed by atoms with Gasteiger partial charge < -0.3 is 5.11 Å². The molecule has 0 atom stereocenters. The molecule has 3 rings (SSSR count). The second kappa shape index (κ2) is 6.30. The van der Waals surface area contributed by atoms with Gasteiger partial charge in [0.05, 0.1) is 11.8 Å². The number of aromatic carboxylic acids is 1. The summed E-state index contributed by atoms with van der Waals surface area (Å²) in [6, 6.07) is 4.17. The number of rotatable bonds is 4. The van der Waals surface area contributed by atoms with E-state index in [1.165, 1.54) is 44.2 Å². The van der Waals surface area contributed by atoms with Crippen molar-refractivity contribution in [2.45, 2.75) is 38.6 Å². The van der Waals surface area contributed by atoms with Crippen molar-refractivity contribution in [2.75, 3.05) is 0 Å². The zero-order valence-corrected chi connectivity index (χ0v) is 12.3. The van der Waals surface area contributed by atoms with Crippen LogP contribution in [-0.4, -0.2) is 20.9 Å². The van der Waals surface area contributed by atoms with E-state index in [4.69, 9.17) is 5.11 Å². The van der Waals surface area contributed by atoms with Gasteiger partial charge in [-0.25, -0.2) is 9.18 Å². The van der Waals surface area contributed by atoms with Gasteiger partial charge in [-0.3, -0.25) is 4.68 Å². The van der Waals surface area contributed by atoms with Crippen LogP contribution in [0.15, 0.2) is 30.6 Å². The first kappa shape index (κ1) is 14.8. The first-order chi connectivity index (χ1) is 10.6. The number of carbonyl (C=O) groups is 1. The predicted molar refractivity (Wildman–Crippen MR) is 81.2 cm³/mol. The Kier molecular flexibility index (Phi) is 4.22.